The number of hydrogen-bond donors (Lipinski definition) is 0. The van der Waals surface area contributed by atoms with Gasteiger partial charge in [0.25, 0.3) is 0 Å². The highest BCUT2D eigenvalue weighted by Gasteiger charge is 2.19. The molecule has 0 amide bonds. The zero-order valence-corrected chi connectivity index (χ0v) is 30.2. The largest absolute Gasteiger partial charge is 0.310 e. The van der Waals surface area contributed by atoms with Gasteiger partial charge in [-0.15, -0.1) is 0 Å². The number of fused-ring (bicyclic) bond motifs is 2. The Balaban J connectivity index is 0.999. The molecule has 0 radical (unpaired) electrons. The summed E-state index contributed by atoms with van der Waals surface area (Å²) in [6.45, 7) is 2.13. The summed E-state index contributed by atoms with van der Waals surface area (Å²) in [6, 6.07) is 63.4. The lowest BCUT2D eigenvalue weighted by Gasteiger charge is -2.29. The van der Waals surface area contributed by atoms with Crippen LogP contribution in [-0.4, -0.2) is 0 Å². The molecule has 0 fully saturated rings. The average molecular weight is 699 g/mol. The Kier molecular flexibility index (Phi) is 8.82. The van der Waals surface area contributed by atoms with Crippen molar-refractivity contribution in [1.82, 2.24) is 0 Å². The number of allylic oxidation sites excluding steroid dienone is 1. The number of rotatable bonds is 8. The zero-order chi connectivity index (χ0) is 36.4. The van der Waals surface area contributed by atoms with E-state index in [1.807, 2.05) is 12.1 Å². The third-order valence-electron chi connectivity index (χ3n) is 10.5. The summed E-state index contributed by atoms with van der Waals surface area (Å²) < 4.78 is 14.0. The highest BCUT2D eigenvalue weighted by atomic mass is 19.1. The van der Waals surface area contributed by atoms with Crippen LogP contribution in [0.4, 0.5) is 38.5 Å². The molecule has 0 spiro atoms. The lowest BCUT2D eigenvalue weighted by Crippen LogP contribution is -2.13. The van der Waals surface area contributed by atoms with Crippen LogP contribution in [0, 0.1) is 12.7 Å². The highest BCUT2D eigenvalue weighted by Crippen LogP contribution is 2.42. The van der Waals surface area contributed by atoms with E-state index in [9.17, 15) is 4.39 Å². The van der Waals surface area contributed by atoms with E-state index < -0.39 is 0 Å². The molecule has 8 aromatic carbocycles. The van der Waals surface area contributed by atoms with Crippen LogP contribution >= 0.6 is 0 Å². The molecule has 2 nitrogen and oxygen atoms in total. The summed E-state index contributed by atoms with van der Waals surface area (Å²) in [4.78, 5) is 4.57. The topological polar surface area (TPSA) is 6.48 Å². The van der Waals surface area contributed by atoms with Gasteiger partial charge in [-0.05, 0) is 126 Å². The van der Waals surface area contributed by atoms with Crippen LogP contribution in [0.3, 0.4) is 0 Å². The third kappa shape index (κ3) is 6.46. The summed E-state index contributed by atoms with van der Waals surface area (Å²) in [5.41, 5.74) is 14.8. The maximum Gasteiger partial charge on any atom is 0.123 e. The van der Waals surface area contributed by atoms with Gasteiger partial charge in [0.05, 0.1) is 11.4 Å². The van der Waals surface area contributed by atoms with Gasteiger partial charge in [0.2, 0.25) is 0 Å². The van der Waals surface area contributed by atoms with Crippen molar-refractivity contribution in [1.29, 1.82) is 0 Å². The summed E-state index contributed by atoms with van der Waals surface area (Å²) in [5.74, 6) is -0.242. The highest BCUT2D eigenvalue weighted by molar-refractivity contribution is 5.99. The number of aryl methyl sites for hydroxylation is 2. The van der Waals surface area contributed by atoms with Crippen molar-refractivity contribution in [3.05, 3.63) is 211 Å². The molecule has 1 aliphatic carbocycles. The minimum absolute atomic E-state index is 0.242. The van der Waals surface area contributed by atoms with Crippen LogP contribution in [-0.2, 0) is 6.42 Å². The molecule has 8 aromatic rings. The standard InChI is InChI=1S/C51H39FN2/c1-36-16-28-44(29-17-36)53(50-14-6-10-41-8-2-4-12-48(41)50)45-30-22-39(23-31-45)37-18-20-38(21-19-37)40-24-32-46(33-25-40)54(47-34-26-43(52)27-35-47)51-15-7-11-42-9-3-5-13-49(42)51/h2,4-8,10-35H,3,9H2,1H3. The molecule has 0 atom stereocenters. The van der Waals surface area contributed by atoms with Crippen molar-refractivity contribution in [2.45, 2.75) is 19.8 Å². The molecule has 0 aromatic heterocycles. The van der Waals surface area contributed by atoms with Crippen LogP contribution in [0.2, 0.25) is 0 Å². The fraction of sp³-hybridized carbons (Fsp3) is 0.0588. The second kappa shape index (κ2) is 14.4. The van der Waals surface area contributed by atoms with Gasteiger partial charge in [-0.1, -0.05) is 127 Å². The Morgan fingerprint density at radius 2 is 0.907 bits per heavy atom. The van der Waals surface area contributed by atoms with Crippen LogP contribution in [0.1, 0.15) is 23.1 Å². The first kappa shape index (κ1) is 33.1. The van der Waals surface area contributed by atoms with E-state index in [4.69, 9.17) is 0 Å². The van der Waals surface area contributed by atoms with Crippen molar-refractivity contribution in [2.24, 2.45) is 0 Å². The predicted molar refractivity (Wildman–Crippen MR) is 226 cm³/mol. The second-order valence-corrected chi connectivity index (χ2v) is 13.9. The SMILES string of the molecule is Cc1ccc(N(c2ccc(-c3ccc(-c4ccc(N(c5ccc(F)cc5)c5cccc6c5C=CCC6)cc4)cc3)cc2)c2cccc3ccccc23)cc1. The lowest BCUT2D eigenvalue weighted by atomic mass is 9.95. The number of nitrogens with zero attached hydrogens (tertiary/aromatic N) is 2. The number of benzene rings is 8. The fourth-order valence-corrected chi connectivity index (χ4v) is 7.65. The van der Waals surface area contributed by atoms with E-state index >= 15 is 0 Å². The van der Waals surface area contributed by atoms with Crippen LogP contribution < -0.4 is 9.80 Å². The van der Waals surface area contributed by atoms with Gasteiger partial charge in [0.15, 0.2) is 0 Å². The van der Waals surface area contributed by atoms with Crippen molar-refractivity contribution in [3.8, 4) is 22.3 Å². The number of hydrogen-bond acceptors (Lipinski definition) is 2. The average Bonchev–Trinajstić information content (AvgIpc) is 3.23. The van der Waals surface area contributed by atoms with E-state index in [0.717, 1.165) is 63.7 Å². The third-order valence-corrected chi connectivity index (χ3v) is 10.5. The molecule has 0 aliphatic heterocycles. The van der Waals surface area contributed by atoms with Crippen LogP contribution in [0.15, 0.2) is 188 Å². The Hall–Kier alpha value is -6.71. The molecule has 0 N–H and O–H groups in total. The van der Waals surface area contributed by atoms with E-state index in [0.29, 0.717) is 0 Å². The summed E-state index contributed by atoms with van der Waals surface area (Å²) in [6.07, 6.45) is 6.53. The van der Waals surface area contributed by atoms with Gasteiger partial charge >= 0.3 is 0 Å². The molecule has 9 rings (SSSR count). The maximum atomic E-state index is 14.0. The van der Waals surface area contributed by atoms with Gasteiger partial charge in [-0.3, -0.25) is 0 Å². The van der Waals surface area contributed by atoms with Crippen LogP contribution in [0.5, 0.6) is 0 Å². The molecule has 0 unspecified atom stereocenters. The first-order chi connectivity index (χ1) is 26.6. The molecule has 1 aliphatic rings. The number of anilines is 6. The lowest BCUT2D eigenvalue weighted by molar-refractivity contribution is 0.628. The van der Waals surface area contributed by atoms with Crippen molar-refractivity contribution in [3.63, 3.8) is 0 Å². The molecule has 54 heavy (non-hydrogen) atoms. The Labute approximate surface area is 316 Å². The summed E-state index contributed by atoms with van der Waals surface area (Å²) >= 11 is 0. The molecule has 0 saturated carbocycles. The smallest absolute Gasteiger partial charge is 0.123 e. The van der Waals surface area contributed by atoms with Gasteiger partial charge < -0.3 is 9.80 Å². The van der Waals surface area contributed by atoms with Crippen molar-refractivity contribution < 1.29 is 4.39 Å². The quantitative estimate of drug-likeness (QED) is 0.156. The minimum Gasteiger partial charge on any atom is -0.310 e. The molecule has 0 saturated heterocycles. The monoisotopic (exact) mass is 698 g/mol. The van der Waals surface area contributed by atoms with E-state index in [1.165, 1.54) is 45.2 Å². The van der Waals surface area contributed by atoms with Gasteiger partial charge in [0, 0.05) is 33.7 Å². The summed E-state index contributed by atoms with van der Waals surface area (Å²) in [7, 11) is 0. The van der Waals surface area contributed by atoms with Gasteiger partial charge in [-0.2, -0.15) is 0 Å². The second-order valence-electron chi connectivity index (χ2n) is 13.9. The Morgan fingerprint density at radius 3 is 1.52 bits per heavy atom. The molecule has 3 heteroatoms. The van der Waals surface area contributed by atoms with E-state index in [-0.39, 0.29) is 5.82 Å². The first-order valence-corrected chi connectivity index (χ1v) is 18.6. The normalized spacial score (nSPS) is 12.0. The molecule has 0 heterocycles. The van der Waals surface area contributed by atoms with Gasteiger partial charge in [0.1, 0.15) is 5.82 Å². The minimum atomic E-state index is -0.242. The van der Waals surface area contributed by atoms with Crippen LogP contribution in [0.25, 0.3) is 39.1 Å². The van der Waals surface area contributed by atoms with Crippen molar-refractivity contribution >= 4 is 51.0 Å². The maximum absolute atomic E-state index is 14.0. The molecular formula is C51H39FN2. The fourth-order valence-electron chi connectivity index (χ4n) is 7.65. The zero-order valence-electron chi connectivity index (χ0n) is 30.2. The Morgan fingerprint density at radius 1 is 0.444 bits per heavy atom. The summed E-state index contributed by atoms with van der Waals surface area (Å²) in [5, 5.41) is 2.43. The first-order valence-electron chi connectivity index (χ1n) is 18.6. The Bertz CT molecular complexity index is 2580. The van der Waals surface area contributed by atoms with E-state index in [2.05, 4.69) is 187 Å². The van der Waals surface area contributed by atoms with Gasteiger partial charge in [-0.25, -0.2) is 4.39 Å². The predicted octanol–water partition coefficient (Wildman–Crippen LogP) is 14.5. The molecule has 0 bridgehead atoms. The number of halogens is 1. The van der Waals surface area contributed by atoms with Crippen molar-refractivity contribution in [2.75, 3.05) is 9.80 Å². The molecular weight excluding hydrogens is 660 g/mol. The molecule has 260 valence electrons. The van der Waals surface area contributed by atoms with E-state index in [1.54, 1.807) is 0 Å².